The first kappa shape index (κ1) is 25.1. The van der Waals surface area contributed by atoms with Crippen molar-refractivity contribution in [3.63, 3.8) is 0 Å². The summed E-state index contributed by atoms with van der Waals surface area (Å²) in [5.41, 5.74) is 1.01. The standard InChI is InChI=1S/C25H34N2O5S/c1-31-23-15-14-22(18-24(23)32-2)33(29,30)27(17-16-20-10-6-5-7-11-20)19-25(28)26-21-12-8-3-4-9-13-21/h5-7,10-11,14-15,18,21H,3-4,8-9,12-13,16-17,19H2,1-2H3,(H,26,28). The molecule has 0 aliphatic heterocycles. The second-order valence-corrected chi connectivity index (χ2v) is 10.3. The number of methoxy groups -OCH3 is 2. The Balaban J connectivity index is 1.81. The van der Waals surface area contributed by atoms with Gasteiger partial charge >= 0.3 is 0 Å². The zero-order chi connectivity index (χ0) is 23.7. The fourth-order valence-corrected chi connectivity index (χ4v) is 5.58. The molecule has 1 aliphatic carbocycles. The summed E-state index contributed by atoms with van der Waals surface area (Å²) >= 11 is 0. The monoisotopic (exact) mass is 474 g/mol. The topological polar surface area (TPSA) is 84.9 Å². The molecule has 33 heavy (non-hydrogen) atoms. The number of carbonyl (C=O) groups is 1. The van der Waals surface area contributed by atoms with Gasteiger partial charge in [0.15, 0.2) is 11.5 Å². The third-order valence-electron chi connectivity index (χ3n) is 6.03. The maximum atomic E-state index is 13.6. The van der Waals surface area contributed by atoms with Gasteiger partial charge in [0.2, 0.25) is 15.9 Å². The molecule has 0 saturated heterocycles. The number of amides is 1. The van der Waals surface area contributed by atoms with Gasteiger partial charge in [-0.15, -0.1) is 0 Å². The van der Waals surface area contributed by atoms with E-state index in [1.54, 1.807) is 6.07 Å². The average Bonchev–Trinajstić information content (AvgIpc) is 3.10. The molecule has 0 bridgehead atoms. The third-order valence-corrected chi connectivity index (χ3v) is 7.87. The zero-order valence-corrected chi connectivity index (χ0v) is 20.3. The van der Waals surface area contributed by atoms with Gasteiger partial charge in [-0.3, -0.25) is 4.79 Å². The van der Waals surface area contributed by atoms with E-state index in [-0.39, 0.29) is 29.9 Å². The van der Waals surface area contributed by atoms with E-state index >= 15 is 0 Å². The lowest BCUT2D eigenvalue weighted by Gasteiger charge is -2.24. The fraction of sp³-hybridized carbons (Fsp3) is 0.480. The van der Waals surface area contributed by atoms with Gasteiger partial charge in [-0.25, -0.2) is 8.42 Å². The Morgan fingerprint density at radius 1 is 0.970 bits per heavy atom. The molecule has 1 aliphatic rings. The highest BCUT2D eigenvalue weighted by molar-refractivity contribution is 7.89. The third kappa shape index (κ3) is 6.95. The smallest absolute Gasteiger partial charge is 0.243 e. The Morgan fingerprint density at radius 2 is 1.64 bits per heavy atom. The van der Waals surface area contributed by atoms with Crippen LogP contribution in [0.1, 0.15) is 44.1 Å². The molecule has 0 atom stereocenters. The number of nitrogens with one attached hydrogen (secondary N) is 1. The molecule has 180 valence electrons. The van der Waals surface area contributed by atoms with E-state index in [0.29, 0.717) is 17.9 Å². The maximum Gasteiger partial charge on any atom is 0.243 e. The van der Waals surface area contributed by atoms with E-state index < -0.39 is 10.0 Å². The molecule has 1 fully saturated rings. The van der Waals surface area contributed by atoms with Crippen molar-refractivity contribution in [1.29, 1.82) is 0 Å². The number of hydrogen-bond donors (Lipinski definition) is 1. The molecule has 0 radical (unpaired) electrons. The van der Waals surface area contributed by atoms with Gasteiger partial charge < -0.3 is 14.8 Å². The van der Waals surface area contributed by atoms with Crippen molar-refractivity contribution >= 4 is 15.9 Å². The number of benzene rings is 2. The molecule has 1 saturated carbocycles. The quantitative estimate of drug-likeness (QED) is 0.530. The molecule has 0 spiro atoms. The Bertz CT molecular complexity index is 1000. The number of sulfonamides is 1. The lowest BCUT2D eigenvalue weighted by Crippen LogP contribution is -2.44. The zero-order valence-electron chi connectivity index (χ0n) is 19.5. The Kier molecular flexibility index (Phi) is 9.14. The van der Waals surface area contributed by atoms with Gasteiger partial charge in [0, 0.05) is 18.7 Å². The first-order valence-electron chi connectivity index (χ1n) is 11.5. The van der Waals surface area contributed by atoms with Gasteiger partial charge in [-0.1, -0.05) is 56.0 Å². The average molecular weight is 475 g/mol. The molecule has 7 nitrogen and oxygen atoms in total. The van der Waals surface area contributed by atoms with Crippen LogP contribution in [0.2, 0.25) is 0 Å². The number of rotatable bonds is 10. The normalized spacial score (nSPS) is 15.1. The molecule has 1 amide bonds. The number of nitrogens with zero attached hydrogens (tertiary/aromatic N) is 1. The Hall–Kier alpha value is -2.58. The van der Waals surface area contributed by atoms with Crippen LogP contribution in [-0.4, -0.2) is 52.0 Å². The first-order valence-corrected chi connectivity index (χ1v) is 12.9. The van der Waals surface area contributed by atoms with Crippen LogP contribution >= 0.6 is 0 Å². The fourth-order valence-electron chi connectivity index (χ4n) is 4.17. The predicted octanol–water partition coefficient (Wildman–Crippen LogP) is 3.78. The highest BCUT2D eigenvalue weighted by Crippen LogP contribution is 2.30. The minimum atomic E-state index is -3.93. The van der Waals surface area contributed by atoms with Crippen LogP contribution in [0, 0.1) is 0 Å². The molecule has 8 heteroatoms. The minimum absolute atomic E-state index is 0.0653. The predicted molar refractivity (Wildman–Crippen MR) is 128 cm³/mol. The van der Waals surface area contributed by atoms with Crippen LogP contribution in [0.25, 0.3) is 0 Å². The van der Waals surface area contributed by atoms with Crippen LogP contribution in [0.15, 0.2) is 53.4 Å². The van der Waals surface area contributed by atoms with Gasteiger partial charge in [0.25, 0.3) is 0 Å². The summed E-state index contributed by atoms with van der Waals surface area (Å²) in [6, 6.07) is 14.2. The van der Waals surface area contributed by atoms with Crippen molar-refractivity contribution in [2.24, 2.45) is 0 Å². The van der Waals surface area contributed by atoms with E-state index in [1.807, 2.05) is 30.3 Å². The Morgan fingerprint density at radius 3 is 2.27 bits per heavy atom. The molecule has 3 rings (SSSR count). The lowest BCUT2D eigenvalue weighted by atomic mass is 10.1. The number of ether oxygens (including phenoxy) is 2. The second kappa shape index (κ2) is 12.0. The molecule has 2 aromatic rings. The maximum absolute atomic E-state index is 13.6. The first-order chi connectivity index (χ1) is 15.9. The summed E-state index contributed by atoms with van der Waals surface area (Å²) in [7, 11) is -0.979. The van der Waals surface area contributed by atoms with E-state index in [1.165, 1.54) is 43.5 Å². The second-order valence-electron chi connectivity index (χ2n) is 8.35. The van der Waals surface area contributed by atoms with Gasteiger partial charge in [-0.2, -0.15) is 4.31 Å². The van der Waals surface area contributed by atoms with Crippen LogP contribution in [-0.2, 0) is 21.2 Å². The van der Waals surface area contributed by atoms with E-state index in [4.69, 9.17) is 9.47 Å². The van der Waals surface area contributed by atoms with Crippen LogP contribution in [0.3, 0.4) is 0 Å². The summed E-state index contributed by atoms with van der Waals surface area (Å²) in [5.74, 6) is 0.502. The van der Waals surface area contributed by atoms with Gasteiger partial charge in [0.05, 0.1) is 25.7 Å². The van der Waals surface area contributed by atoms with Crippen molar-refractivity contribution in [3.8, 4) is 11.5 Å². The van der Waals surface area contributed by atoms with Crippen molar-refractivity contribution in [2.45, 2.75) is 55.9 Å². The van der Waals surface area contributed by atoms with Gasteiger partial charge in [0.1, 0.15) is 0 Å². The summed E-state index contributed by atoms with van der Waals surface area (Å²) in [6.07, 6.45) is 6.94. The molecule has 0 heterocycles. The molecular formula is C25H34N2O5S. The summed E-state index contributed by atoms with van der Waals surface area (Å²) < 4.78 is 38.9. The van der Waals surface area contributed by atoms with Gasteiger partial charge in [-0.05, 0) is 37.0 Å². The summed E-state index contributed by atoms with van der Waals surface area (Å²) in [4.78, 5) is 13.0. The summed E-state index contributed by atoms with van der Waals surface area (Å²) in [5, 5.41) is 3.06. The largest absolute Gasteiger partial charge is 0.493 e. The molecule has 0 unspecified atom stereocenters. The number of carbonyl (C=O) groups excluding carboxylic acids is 1. The van der Waals surface area contributed by atoms with Crippen LogP contribution in [0.5, 0.6) is 11.5 Å². The molecular weight excluding hydrogens is 440 g/mol. The molecule has 0 aromatic heterocycles. The van der Waals surface area contributed by atoms with Crippen molar-refractivity contribution in [3.05, 3.63) is 54.1 Å². The van der Waals surface area contributed by atoms with Crippen molar-refractivity contribution in [2.75, 3.05) is 27.3 Å². The molecule has 2 aromatic carbocycles. The van der Waals surface area contributed by atoms with Crippen LogP contribution in [0.4, 0.5) is 0 Å². The SMILES string of the molecule is COc1ccc(S(=O)(=O)N(CCc2ccccc2)CC(=O)NC2CCCCCC2)cc1OC. The highest BCUT2D eigenvalue weighted by Gasteiger charge is 2.28. The van der Waals surface area contributed by atoms with Crippen molar-refractivity contribution < 1.29 is 22.7 Å². The van der Waals surface area contributed by atoms with E-state index in [2.05, 4.69) is 5.32 Å². The number of hydrogen-bond acceptors (Lipinski definition) is 5. The molecule has 1 N–H and O–H groups in total. The lowest BCUT2D eigenvalue weighted by molar-refractivity contribution is -0.122. The van der Waals surface area contributed by atoms with Crippen LogP contribution < -0.4 is 14.8 Å². The van der Waals surface area contributed by atoms with Crippen molar-refractivity contribution in [1.82, 2.24) is 9.62 Å². The Labute approximate surface area is 197 Å². The van der Waals surface area contributed by atoms with E-state index in [9.17, 15) is 13.2 Å². The van der Waals surface area contributed by atoms with E-state index in [0.717, 1.165) is 31.2 Å². The highest BCUT2D eigenvalue weighted by atomic mass is 32.2. The minimum Gasteiger partial charge on any atom is -0.493 e. The summed E-state index contributed by atoms with van der Waals surface area (Å²) in [6.45, 7) is -0.0290.